The molecule has 39 heavy (non-hydrogen) atoms. The number of hydrogen-bond acceptors (Lipinski definition) is 8. The first-order valence-electron chi connectivity index (χ1n) is 12.1. The van der Waals surface area contributed by atoms with Gasteiger partial charge in [-0.25, -0.2) is 4.98 Å². The zero-order valence-electron chi connectivity index (χ0n) is 21.9. The van der Waals surface area contributed by atoms with Gasteiger partial charge in [0, 0.05) is 28.1 Å². The Morgan fingerprint density at radius 1 is 1.13 bits per heavy atom. The standard InChI is InChI=1S/C28H27BrN4O6/c1-5-17(2)27-31-23-10-9-20(29)14-22(23)28(34)32(27)30-15-19-12-24(37-3)26(25(13-19)38-4)39-16-18-7-6-8-21(11-18)33(35)36/h6-15,17H,5,16H2,1-4H3/t17-/m0/s1. The second-order valence-corrected chi connectivity index (χ2v) is 9.69. The molecular weight excluding hydrogens is 568 g/mol. The van der Waals surface area contributed by atoms with E-state index >= 15 is 0 Å². The van der Waals surface area contributed by atoms with Crippen LogP contribution in [0.3, 0.4) is 0 Å². The monoisotopic (exact) mass is 594 g/mol. The molecule has 202 valence electrons. The summed E-state index contributed by atoms with van der Waals surface area (Å²) >= 11 is 3.42. The number of non-ortho nitro benzene ring substituents is 1. The first-order chi connectivity index (χ1) is 18.7. The molecule has 0 saturated heterocycles. The lowest BCUT2D eigenvalue weighted by atomic mass is 10.1. The number of hydrogen-bond donors (Lipinski definition) is 0. The Labute approximate surface area is 233 Å². The number of aromatic nitrogens is 2. The van der Waals surface area contributed by atoms with Gasteiger partial charge in [0.05, 0.1) is 36.3 Å². The largest absolute Gasteiger partial charge is 0.493 e. The van der Waals surface area contributed by atoms with Crippen molar-refractivity contribution in [1.82, 2.24) is 9.66 Å². The van der Waals surface area contributed by atoms with Gasteiger partial charge in [-0.05, 0) is 42.3 Å². The molecule has 0 radical (unpaired) electrons. The van der Waals surface area contributed by atoms with Crippen molar-refractivity contribution in [2.24, 2.45) is 5.10 Å². The van der Waals surface area contributed by atoms with E-state index in [9.17, 15) is 14.9 Å². The van der Waals surface area contributed by atoms with Crippen LogP contribution in [0.25, 0.3) is 10.9 Å². The number of nitro groups is 1. The van der Waals surface area contributed by atoms with E-state index in [4.69, 9.17) is 19.2 Å². The number of ether oxygens (including phenoxy) is 3. The van der Waals surface area contributed by atoms with Crippen molar-refractivity contribution < 1.29 is 19.1 Å². The number of benzene rings is 3. The maximum Gasteiger partial charge on any atom is 0.282 e. The lowest BCUT2D eigenvalue weighted by molar-refractivity contribution is -0.384. The van der Waals surface area contributed by atoms with Crippen molar-refractivity contribution in [3.63, 3.8) is 0 Å². The Bertz CT molecular complexity index is 1590. The number of halogens is 1. The summed E-state index contributed by atoms with van der Waals surface area (Å²) in [6.07, 6.45) is 2.32. The molecule has 0 unspecified atom stereocenters. The minimum atomic E-state index is -0.458. The van der Waals surface area contributed by atoms with Gasteiger partial charge < -0.3 is 14.2 Å². The lowest BCUT2D eigenvalue weighted by Crippen LogP contribution is -2.23. The van der Waals surface area contributed by atoms with E-state index < -0.39 is 4.92 Å². The highest BCUT2D eigenvalue weighted by Crippen LogP contribution is 2.39. The minimum Gasteiger partial charge on any atom is -0.493 e. The normalized spacial score (nSPS) is 12.0. The molecule has 0 aliphatic carbocycles. The highest BCUT2D eigenvalue weighted by Gasteiger charge is 2.17. The summed E-state index contributed by atoms with van der Waals surface area (Å²) in [5, 5.41) is 16.1. The molecule has 11 heteroatoms. The third-order valence-corrected chi connectivity index (χ3v) is 6.69. The average Bonchev–Trinajstić information content (AvgIpc) is 2.95. The summed E-state index contributed by atoms with van der Waals surface area (Å²) in [6, 6.07) is 15.0. The van der Waals surface area contributed by atoms with E-state index in [0.717, 1.165) is 10.9 Å². The van der Waals surface area contributed by atoms with Gasteiger partial charge in [-0.2, -0.15) is 9.78 Å². The van der Waals surface area contributed by atoms with Crippen molar-refractivity contribution in [3.8, 4) is 17.2 Å². The van der Waals surface area contributed by atoms with Crippen LogP contribution in [0.5, 0.6) is 17.2 Å². The molecule has 0 saturated carbocycles. The minimum absolute atomic E-state index is 0.00319. The summed E-state index contributed by atoms with van der Waals surface area (Å²) in [5.74, 6) is 1.63. The zero-order valence-corrected chi connectivity index (χ0v) is 23.5. The molecular formula is C28H27BrN4O6. The first-order valence-corrected chi connectivity index (χ1v) is 12.9. The van der Waals surface area contributed by atoms with Gasteiger partial charge in [0.25, 0.3) is 11.2 Å². The van der Waals surface area contributed by atoms with E-state index in [1.165, 1.54) is 37.2 Å². The van der Waals surface area contributed by atoms with E-state index in [0.29, 0.717) is 45.1 Å². The van der Waals surface area contributed by atoms with E-state index in [2.05, 4.69) is 21.0 Å². The van der Waals surface area contributed by atoms with Crippen LogP contribution in [0.2, 0.25) is 0 Å². The fraction of sp³-hybridized carbons (Fsp3) is 0.250. The molecule has 0 aliphatic heterocycles. The van der Waals surface area contributed by atoms with Gasteiger partial charge in [0.1, 0.15) is 12.4 Å². The molecule has 0 N–H and O–H groups in total. The van der Waals surface area contributed by atoms with Crippen LogP contribution in [0.4, 0.5) is 5.69 Å². The molecule has 0 aliphatic rings. The predicted molar refractivity (Wildman–Crippen MR) is 152 cm³/mol. The summed E-state index contributed by atoms with van der Waals surface area (Å²) in [7, 11) is 2.99. The fourth-order valence-corrected chi connectivity index (χ4v) is 4.30. The molecule has 0 fully saturated rings. The Morgan fingerprint density at radius 2 is 1.85 bits per heavy atom. The van der Waals surface area contributed by atoms with E-state index in [-0.39, 0.29) is 23.8 Å². The fourth-order valence-electron chi connectivity index (χ4n) is 3.94. The molecule has 4 rings (SSSR count). The van der Waals surface area contributed by atoms with Crippen molar-refractivity contribution >= 4 is 38.7 Å². The molecule has 0 bridgehead atoms. The average molecular weight is 595 g/mol. The van der Waals surface area contributed by atoms with Gasteiger partial charge in [-0.1, -0.05) is 41.9 Å². The Kier molecular flexibility index (Phi) is 8.60. The van der Waals surface area contributed by atoms with Crippen LogP contribution in [0, 0.1) is 10.1 Å². The molecule has 3 aromatic carbocycles. The molecule has 1 atom stereocenters. The third-order valence-electron chi connectivity index (χ3n) is 6.20. The van der Waals surface area contributed by atoms with Crippen molar-refractivity contribution in [3.05, 3.63) is 96.5 Å². The van der Waals surface area contributed by atoms with Crippen LogP contribution in [-0.2, 0) is 6.61 Å². The lowest BCUT2D eigenvalue weighted by Gasteiger charge is -2.16. The number of nitrogens with zero attached hydrogens (tertiary/aromatic N) is 4. The number of rotatable bonds is 10. The number of fused-ring (bicyclic) bond motifs is 1. The van der Waals surface area contributed by atoms with Crippen LogP contribution in [0.15, 0.2) is 69.0 Å². The number of nitro benzene ring substituents is 1. The molecule has 1 heterocycles. The van der Waals surface area contributed by atoms with Crippen molar-refractivity contribution in [2.75, 3.05) is 14.2 Å². The molecule has 4 aromatic rings. The van der Waals surface area contributed by atoms with Crippen LogP contribution in [-0.4, -0.2) is 35.0 Å². The van der Waals surface area contributed by atoms with Gasteiger partial charge in [0.2, 0.25) is 5.75 Å². The van der Waals surface area contributed by atoms with Crippen LogP contribution >= 0.6 is 15.9 Å². The summed E-state index contributed by atoms with van der Waals surface area (Å²) in [6.45, 7) is 4.09. The van der Waals surface area contributed by atoms with Crippen molar-refractivity contribution in [2.45, 2.75) is 32.8 Å². The van der Waals surface area contributed by atoms with Crippen LogP contribution in [0.1, 0.15) is 43.1 Å². The second kappa shape index (κ2) is 12.1. The Hall–Kier alpha value is -4.25. The quantitative estimate of drug-likeness (QED) is 0.124. The maximum atomic E-state index is 13.4. The summed E-state index contributed by atoms with van der Waals surface area (Å²) in [4.78, 5) is 28.8. The number of methoxy groups -OCH3 is 2. The van der Waals surface area contributed by atoms with Gasteiger partial charge in [0.15, 0.2) is 11.5 Å². The highest BCUT2D eigenvalue weighted by molar-refractivity contribution is 9.10. The molecule has 0 spiro atoms. The topological polar surface area (TPSA) is 118 Å². The van der Waals surface area contributed by atoms with E-state index in [1.807, 2.05) is 26.0 Å². The predicted octanol–water partition coefficient (Wildman–Crippen LogP) is 6.06. The van der Waals surface area contributed by atoms with Crippen molar-refractivity contribution in [1.29, 1.82) is 0 Å². The maximum absolute atomic E-state index is 13.4. The Balaban J connectivity index is 1.71. The summed E-state index contributed by atoms with van der Waals surface area (Å²) in [5.41, 5.74) is 1.53. The second-order valence-electron chi connectivity index (χ2n) is 8.77. The van der Waals surface area contributed by atoms with Gasteiger partial charge in [-0.3, -0.25) is 14.9 Å². The van der Waals surface area contributed by atoms with Crippen LogP contribution < -0.4 is 19.8 Å². The van der Waals surface area contributed by atoms with Gasteiger partial charge >= 0.3 is 0 Å². The summed E-state index contributed by atoms with van der Waals surface area (Å²) < 4.78 is 19.1. The zero-order chi connectivity index (χ0) is 28.1. The highest BCUT2D eigenvalue weighted by atomic mass is 79.9. The smallest absolute Gasteiger partial charge is 0.282 e. The third kappa shape index (κ3) is 6.09. The molecule has 10 nitrogen and oxygen atoms in total. The van der Waals surface area contributed by atoms with E-state index in [1.54, 1.807) is 30.3 Å². The van der Waals surface area contributed by atoms with Gasteiger partial charge in [-0.15, -0.1) is 0 Å². The SMILES string of the molecule is CC[C@H](C)c1nc2ccc(Br)cc2c(=O)n1N=Cc1cc(OC)c(OCc2cccc([N+](=O)[O-])c2)c(OC)c1. The Morgan fingerprint density at radius 3 is 2.49 bits per heavy atom. The first kappa shape index (κ1) is 27.8. The molecule has 0 amide bonds. The molecule has 1 aromatic heterocycles.